The number of benzene rings is 2. The van der Waals surface area contributed by atoms with E-state index in [1.165, 1.54) is 14.0 Å². The molecule has 1 amide bonds. The average Bonchev–Trinajstić information content (AvgIpc) is 2.61. The van der Waals surface area contributed by atoms with Crippen molar-refractivity contribution in [3.8, 4) is 5.75 Å². The van der Waals surface area contributed by atoms with Crippen LogP contribution >= 0.6 is 0 Å². The number of hydrogen-bond acceptors (Lipinski definition) is 5. The summed E-state index contributed by atoms with van der Waals surface area (Å²) in [5.74, 6) is -0.428. The van der Waals surface area contributed by atoms with Gasteiger partial charge in [0.25, 0.3) is 5.91 Å². The molecule has 1 atom stereocenters. The van der Waals surface area contributed by atoms with Crippen molar-refractivity contribution in [1.82, 2.24) is 0 Å². The van der Waals surface area contributed by atoms with Crippen molar-refractivity contribution in [2.24, 2.45) is 0 Å². The number of ether oxygens (including phenoxy) is 2. The van der Waals surface area contributed by atoms with E-state index in [4.69, 9.17) is 9.47 Å². The van der Waals surface area contributed by atoms with Crippen LogP contribution in [0.25, 0.3) is 0 Å². The zero-order valence-electron chi connectivity index (χ0n) is 15.7. The molecule has 0 saturated carbocycles. The fourth-order valence-corrected chi connectivity index (χ4v) is 2.33. The summed E-state index contributed by atoms with van der Waals surface area (Å²) in [5, 5.41) is 2.74. The number of rotatable bonds is 6. The van der Waals surface area contributed by atoms with Crippen molar-refractivity contribution in [2.75, 3.05) is 31.4 Å². The molecule has 2 aromatic rings. The van der Waals surface area contributed by atoms with Gasteiger partial charge in [0.15, 0.2) is 6.10 Å². The topological polar surface area (TPSA) is 67.9 Å². The number of methoxy groups -OCH3 is 1. The van der Waals surface area contributed by atoms with Gasteiger partial charge in [0.2, 0.25) is 0 Å². The Hall–Kier alpha value is -3.02. The molecule has 2 rings (SSSR count). The van der Waals surface area contributed by atoms with Gasteiger partial charge in [-0.3, -0.25) is 4.79 Å². The highest BCUT2D eigenvalue weighted by Gasteiger charge is 2.20. The summed E-state index contributed by atoms with van der Waals surface area (Å²) in [6.07, 6.45) is -0.943. The number of anilines is 2. The first-order chi connectivity index (χ1) is 12.3. The lowest BCUT2D eigenvalue weighted by atomic mass is 10.2. The minimum atomic E-state index is -0.943. The van der Waals surface area contributed by atoms with E-state index >= 15 is 0 Å². The number of esters is 1. The van der Waals surface area contributed by atoms with E-state index in [1.807, 2.05) is 44.1 Å². The monoisotopic (exact) mass is 356 g/mol. The van der Waals surface area contributed by atoms with Gasteiger partial charge < -0.3 is 19.7 Å². The molecule has 0 aliphatic rings. The van der Waals surface area contributed by atoms with Crippen molar-refractivity contribution in [2.45, 2.75) is 20.0 Å². The van der Waals surface area contributed by atoms with Crippen molar-refractivity contribution in [3.63, 3.8) is 0 Å². The third kappa shape index (κ3) is 4.75. The Morgan fingerprint density at radius 2 is 1.73 bits per heavy atom. The quantitative estimate of drug-likeness (QED) is 0.805. The molecule has 0 heterocycles. The molecule has 0 aliphatic heterocycles. The molecule has 0 radical (unpaired) electrons. The summed E-state index contributed by atoms with van der Waals surface area (Å²) >= 11 is 0. The van der Waals surface area contributed by atoms with Crippen LogP contribution in [0.3, 0.4) is 0 Å². The van der Waals surface area contributed by atoms with E-state index in [0.29, 0.717) is 17.0 Å². The van der Waals surface area contributed by atoms with Crippen molar-refractivity contribution >= 4 is 23.3 Å². The van der Waals surface area contributed by atoms with Crippen LogP contribution in [0.1, 0.15) is 22.8 Å². The minimum Gasteiger partial charge on any atom is -0.495 e. The fraction of sp³-hybridized carbons (Fsp3) is 0.300. The van der Waals surface area contributed by atoms with Crippen LogP contribution in [-0.4, -0.2) is 39.2 Å². The second-order valence-corrected chi connectivity index (χ2v) is 6.18. The third-order valence-corrected chi connectivity index (χ3v) is 3.89. The fourth-order valence-electron chi connectivity index (χ4n) is 2.33. The lowest BCUT2D eigenvalue weighted by Gasteiger charge is -2.16. The highest BCUT2D eigenvalue weighted by molar-refractivity contribution is 5.98. The van der Waals surface area contributed by atoms with Gasteiger partial charge in [-0.2, -0.15) is 0 Å². The first-order valence-electron chi connectivity index (χ1n) is 8.25. The van der Waals surface area contributed by atoms with Crippen molar-refractivity contribution < 1.29 is 19.1 Å². The normalized spacial score (nSPS) is 11.4. The highest BCUT2D eigenvalue weighted by atomic mass is 16.5. The van der Waals surface area contributed by atoms with E-state index in [1.54, 1.807) is 24.3 Å². The lowest BCUT2D eigenvalue weighted by Crippen LogP contribution is -2.30. The van der Waals surface area contributed by atoms with Crippen LogP contribution in [-0.2, 0) is 9.53 Å². The van der Waals surface area contributed by atoms with Gasteiger partial charge in [-0.05, 0) is 55.8 Å². The molecule has 1 N–H and O–H groups in total. The zero-order valence-corrected chi connectivity index (χ0v) is 15.7. The number of nitrogens with zero attached hydrogens (tertiary/aromatic N) is 1. The largest absolute Gasteiger partial charge is 0.495 e. The Morgan fingerprint density at radius 3 is 2.31 bits per heavy atom. The van der Waals surface area contributed by atoms with E-state index < -0.39 is 18.0 Å². The summed E-state index contributed by atoms with van der Waals surface area (Å²) in [6, 6.07) is 12.4. The first-order valence-corrected chi connectivity index (χ1v) is 8.25. The van der Waals surface area contributed by atoms with Gasteiger partial charge >= 0.3 is 5.97 Å². The van der Waals surface area contributed by atoms with E-state index in [2.05, 4.69) is 5.32 Å². The summed E-state index contributed by atoms with van der Waals surface area (Å²) in [6.45, 7) is 3.44. The zero-order chi connectivity index (χ0) is 19.3. The van der Waals surface area contributed by atoms with Crippen LogP contribution in [0, 0.1) is 6.92 Å². The summed E-state index contributed by atoms with van der Waals surface area (Å²) in [7, 11) is 5.36. The molecule has 26 heavy (non-hydrogen) atoms. The Labute approximate surface area is 153 Å². The molecule has 2 aromatic carbocycles. The van der Waals surface area contributed by atoms with Gasteiger partial charge in [0, 0.05) is 19.8 Å². The Morgan fingerprint density at radius 1 is 1.08 bits per heavy atom. The second kappa shape index (κ2) is 8.38. The molecule has 6 nitrogen and oxygen atoms in total. The molecule has 0 bridgehead atoms. The van der Waals surface area contributed by atoms with Gasteiger partial charge in [0.1, 0.15) is 5.75 Å². The molecule has 6 heteroatoms. The molecule has 0 saturated heterocycles. The number of hydrogen-bond donors (Lipinski definition) is 1. The number of amides is 1. The predicted molar refractivity (Wildman–Crippen MR) is 102 cm³/mol. The Kier molecular flexibility index (Phi) is 6.22. The van der Waals surface area contributed by atoms with Gasteiger partial charge in [-0.15, -0.1) is 0 Å². The summed E-state index contributed by atoms with van der Waals surface area (Å²) < 4.78 is 10.5. The molecule has 0 spiro atoms. The standard InChI is InChI=1S/C20H24N2O4/c1-13-6-11-18(25-5)17(12-13)21-19(23)14(2)26-20(24)15-7-9-16(10-8-15)22(3)4/h6-12,14H,1-5H3,(H,21,23). The highest BCUT2D eigenvalue weighted by Crippen LogP contribution is 2.25. The van der Waals surface area contributed by atoms with Gasteiger partial charge in [-0.1, -0.05) is 6.07 Å². The van der Waals surface area contributed by atoms with Crippen LogP contribution in [0.4, 0.5) is 11.4 Å². The number of aryl methyl sites for hydroxylation is 1. The molecule has 0 aliphatic carbocycles. The minimum absolute atomic E-state index is 0.392. The number of carbonyl (C=O) groups is 2. The molecule has 1 unspecified atom stereocenters. The number of carbonyl (C=O) groups excluding carboxylic acids is 2. The second-order valence-electron chi connectivity index (χ2n) is 6.18. The summed E-state index contributed by atoms with van der Waals surface area (Å²) in [5.41, 5.74) is 2.88. The SMILES string of the molecule is COc1ccc(C)cc1NC(=O)C(C)OC(=O)c1ccc(N(C)C)cc1. The Balaban J connectivity index is 2.02. The van der Waals surface area contributed by atoms with Crippen molar-refractivity contribution in [3.05, 3.63) is 53.6 Å². The maximum atomic E-state index is 12.4. The average molecular weight is 356 g/mol. The molecule has 0 aromatic heterocycles. The molecular weight excluding hydrogens is 332 g/mol. The molecular formula is C20H24N2O4. The number of nitrogens with one attached hydrogen (secondary N) is 1. The lowest BCUT2D eigenvalue weighted by molar-refractivity contribution is -0.123. The maximum absolute atomic E-state index is 12.4. The molecule has 0 fully saturated rings. The Bertz CT molecular complexity index is 785. The third-order valence-electron chi connectivity index (χ3n) is 3.89. The van der Waals surface area contributed by atoms with Crippen LogP contribution in [0.5, 0.6) is 5.75 Å². The predicted octanol–water partition coefficient (Wildman–Crippen LogP) is 3.25. The first kappa shape index (κ1) is 19.3. The van der Waals surface area contributed by atoms with Crippen molar-refractivity contribution in [1.29, 1.82) is 0 Å². The van der Waals surface area contributed by atoms with E-state index in [9.17, 15) is 9.59 Å². The van der Waals surface area contributed by atoms with Crippen LogP contribution in [0.15, 0.2) is 42.5 Å². The van der Waals surface area contributed by atoms with Gasteiger partial charge in [0.05, 0.1) is 18.4 Å². The maximum Gasteiger partial charge on any atom is 0.338 e. The molecule has 138 valence electrons. The van der Waals surface area contributed by atoms with E-state index in [-0.39, 0.29) is 0 Å². The smallest absolute Gasteiger partial charge is 0.338 e. The van der Waals surface area contributed by atoms with Crippen LogP contribution in [0.2, 0.25) is 0 Å². The van der Waals surface area contributed by atoms with Crippen LogP contribution < -0.4 is 15.0 Å². The van der Waals surface area contributed by atoms with E-state index in [0.717, 1.165) is 11.3 Å². The van der Waals surface area contributed by atoms with Gasteiger partial charge in [-0.25, -0.2) is 4.79 Å². The summed E-state index contributed by atoms with van der Waals surface area (Å²) in [4.78, 5) is 26.5.